The average Bonchev–Trinajstić information content (AvgIpc) is 2.23. The van der Waals surface area contributed by atoms with Gasteiger partial charge >= 0.3 is 17.9 Å². The molecule has 0 aliphatic carbocycles. The predicted molar refractivity (Wildman–Crippen MR) is 91.4 cm³/mol. The summed E-state index contributed by atoms with van der Waals surface area (Å²) < 4.78 is 12.9. The van der Waals surface area contributed by atoms with E-state index in [9.17, 15) is 28.8 Å². The zero-order chi connectivity index (χ0) is 19.9. The molecule has 0 saturated carbocycles. The molecule has 1 fully saturated rings. The fourth-order valence-electron chi connectivity index (χ4n) is 0.645. The standard InChI is InChI=1S/C4H5ClO2.C4H6O3.C3H2O3.CH4.Cl2OS/c1-3(6)2-4(5)7;1-3(5)2-4(6)7;4-2-1-3(5)6-2;;1-4(2)3/h2H2,1H3;2H2,1H3,(H,6,7);1H2;1H4;. The van der Waals surface area contributed by atoms with Gasteiger partial charge in [-0.3, -0.25) is 28.8 Å². The summed E-state index contributed by atoms with van der Waals surface area (Å²) in [6, 6.07) is 0. The summed E-state index contributed by atoms with van der Waals surface area (Å²) >= 11 is 4.81. The molecule has 0 atom stereocenters. The van der Waals surface area contributed by atoms with E-state index < -0.39 is 32.4 Å². The van der Waals surface area contributed by atoms with Crippen molar-refractivity contribution >= 4 is 76.9 Å². The molecule has 0 unspecified atom stereocenters. The number of esters is 2. The van der Waals surface area contributed by atoms with Gasteiger partial charge in [0.1, 0.15) is 24.4 Å². The number of ether oxygens (including phenoxy) is 1. The number of hydrogen-bond acceptors (Lipinski definition) is 8. The van der Waals surface area contributed by atoms with Crippen LogP contribution in [0.2, 0.25) is 0 Å². The molecule has 0 bridgehead atoms. The number of carbonyl (C=O) groups excluding carboxylic acids is 5. The molecule has 1 heterocycles. The van der Waals surface area contributed by atoms with Gasteiger partial charge in [0, 0.05) is 21.4 Å². The summed E-state index contributed by atoms with van der Waals surface area (Å²) in [6.07, 6.45) is -0.540. The number of carboxylic acid groups (broad SMARTS) is 1. The second kappa shape index (κ2) is 19.0. The van der Waals surface area contributed by atoms with Crippen molar-refractivity contribution < 1.29 is 42.8 Å². The maximum Gasteiger partial charge on any atom is 0.324 e. The average molecular weight is 444 g/mol. The van der Waals surface area contributed by atoms with Crippen LogP contribution < -0.4 is 0 Å². The number of hydrogen-bond donors (Lipinski definition) is 1. The minimum atomic E-state index is -1.67. The molecule has 0 aromatic carbocycles. The molecule has 1 N–H and O–H groups in total. The van der Waals surface area contributed by atoms with E-state index in [1.165, 1.54) is 13.8 Å². The Balaban J connectivity index is -0.000000118. The number of carbonyl (C=O) groups is 6. The highest BCUT2D eigenvalue weighted by Crippen LogP contribution is 2.00. The first kappa shape index (κ1) is 31.4. The quantitative estimate of drug-likeness (QED) is 0.390. The molecule has 25 heavy (non-hydrogen) atoms. The molecule has 0 aromatic rings. The summed E-state index contributed by atoms with van der Waals surface area (Å²) in [6.45, 7) is 2.56. The highest BCUT2D eigenvalue weighted by Gasteiger charge is 2.24. The summed E-state index contributed by atoms with van der Waals surface area (Å²) in [4.78, 5) is 58.5. The van der Waals surface area contributed by atoms with Gasteiger partial charge in [-0.25, -0.2) is 4.21 Å². The van der Waals surface area contributed by atoms with Gasteiger partial charge in [-0.1, -0.05) is 7.43 Å². The van der Waals surface area contributed by atoms with Crippen LogP contribution in [-0.4, -0.2) is 44.0 Å². The fraction of sp³-hybridized carbons (Fsp3) is 0.500. The maximum absolute atomic E-state index is 9.95. The molecule has 13 heteroatoms. The monoisotopic (exact) mass is 442 g/mol. The number of Topliss-reactive ketones (excluding diaryl/α,β-unsaturated/α-hetero) is 2. The van der Waals surface area contributed by atoms with Crippen LogP contribution in [-0.2, 0) is 42.7 Å². The molecule has 0 spiro atoms. The van der Waals surface area contributed by atoms with Crippen LogP contribution in [0, 0.1) is 0 Å². The molecular formula is C12H17Cl3O9S. The largest absolute Gasteiger partial charge is 0.481 e. The highest BCUT2D eigenvalue weighted by atomic mass is 36.0. The first-order chi connectivity index (χ1) is 10.8. The summed E-state index contributed by atoms with van der Waals surface area (Å²) in [5, 5.41) is 7.27. The number of aliphatic carboxylic acids is 1. The Kier molecular flexibility index (Phi) is 23.8. The van der Waals surface area contributed by atoms with Crippen molar-refractivity contribution in [2.45, 2.75) is 40.5 Å². The van der Waals surface area contributed by atoms with E-state index in [2.05, 4.69) is 26.1 Å². The van der Waals surface area contributed by atoms with Crippen molar-refractivity contribution in [3.8, 4) is 0 Å². The minimum absolute atomic E-state index is 0. The van der Waals surface area contributed by atoms with Gasteiger partial charge in [0.15, 0.2) is 0 Å². The molecule has 146 valence electrons. The zero-order valence-electron chi connectivity index (χ0n) is 12.4. The van der Waals surface area contributed by atoms with Crippen LogP contribution in [0.1, 0.15) is 40.5 Å². The van der Waals surface area contributed by atoms with E-state index in [1.807, 2.05) is 0 Å². The molecule has 0 radical (unpaired) electrons. The first-order valence-corrected chi connectivity index (χ1v) is 8.82. The summed E-state index contributed by atoms with van der Waals surface area (Å²) in [5.74, 6) is -2.40. The normalized spacial score (nSPS) is 10.6. The minimum Gasteiger partial charge on any atom is -0.481 e. The molecule has 1 aliphatic heterocycles. The van der Waals surface area contributed by atoms with E-state index in [1.54, 1.807) is 0 Å². The van der Waals surface area contributed by atoms with Crippen LogP contribution in [0.3, 0.4) is 0 Å². The number of rotatable bonds is 4. The van der Waals surface area contributed by atoms with Gasteiger partial charge < -0.3 is 9.84 Å². The first-order valence-electron chi connectivity index (χ1n) is 5.64. The summed E-state index contributed by atoms with van der Waals surface area (Å²) in [5.41, 5.74) is 0. The highest BCUT2D eigenvalue weighted by molar-refractivity contribution is 8.26. The van der Waals surface area contributed by atoms with Gasteiger partial charge in [0.05, 0.1) is 6.42 Å². The third-order valence-corrected chi connectivity index (χ3v) is 1.44. The molecule has 0 aromatic heterocycles. The number of ketones is 2. The Morgan fingerprint density at radius 3 is 1.32 bits per heavy atom. The van der Waals surface area contributed by atoms with Crippen molar-refractivity contribution in [2.75, 3.05) is 0 Å². The summed E-state index contributed by atoms with van der Waals surface area (Å²) in [7, 11) is 7.36. The fourth-order valence-corrected chi connectivity index (χ4v) is 0.833. The zero-order valence-corrected chi connectivity index (χ0v) is 15.5. The topological polar surface area (TPSA) is 149 Å². The lowest BCUT2D eigenvalue weighted by molar-refractivity contribution is -0.174. The number of cyclic esters (lactones) is 2. The number of halogens is 3. The van der Waals surface area contributed by atoms with Gasteiger partial charge in [-0.05, 0) is 25.4 Å². The molecule has 1 rings (SSSR count). The lowest BCUT2D eigenvalue weighted by atomic mass is 10.3. The van der Waals surface area contributed by atoms with E-state index in [-0.39, 0.29) is 38.3 Å². The molecule has 0 amide bonds. The van der Waals surface area contributed by atoms with Gasteiger partial charge in [-0.2, -0.15) is 0 Å². The van der Waals surface area contributed by atoms with Gasteiger partial charge in [-0.15, -0.1) is 0 Å². The Morgan fingerprint density at radius 1 is 1.04 bits per heavy atom. The molecule has 1 saturated heterocycles. The Bertz CT molecular complexity index is 444. The second-order valence-corrected chi connectivity index (χ2v) is 6.66. The van der Waals surface area contributed by atoms with Crippen molar-refractivity contribution in [3.05, 3.63) is 0 Å². The number of carboxylic acids is 1. The van der Waals surface area contributed by atoms with Crippen molar-refractivity contribution in [1.82, 2.24) is 0 Å². The van der Waals surface area contributed by atoms with E-state index in [0.29, 0.717) is 0 Å². The lowest BCUT2D eigenvalue weighted by Crippen LogP contribution is -2.26. The van der Waals surface area contributed by atoms with Crippen LogP contribution >= 0.6 is 33.0 Å². The van der Waals surface area contributed by atoms with Crippen molar-refractivity contribution in [1.29, 1.82) is 0 Å². The molecule has 1 aliphatic rings. The van der Waals surface area contributed by atoms with E-state index >= 15 is 0 Å². The third-order valence-electron chi connectivity index (χ3n) is 1.30. The maximum atomic E-state index is 9.95. The van der Waals surface area contributed by atoms with Crippen LogP contribution in [0.15, 0.2) is 0 Å². The van der Waals surface area contributed by atoms with Crippen LogP contribution in [0.5, 0.6) is 0 Å². The Morgan fingerprint density at radius 2 is 1.32 bits per heavy atom. The van der Waals surface area contributed by atoms with Gasteiger partial charge in [0.2, 0.25) is 14.5 Å². The van der Waals surface area contributed by atoms with Crippen LogP contribution in [0.4, 0.5) is 0 Å². The second-order valence-electron chi connectivity index (χ2n) is 3.71. The van der Waals surface area contributed by atoms with E-state index in [0.717, 1.165) is 0 Å². The van der Waals surface area contributed by atoms with Crippen LogP contribution in [0.25, 0.3) is 0 Å². The molecule has 9 nitrogen and oxygen atoms in total. The Labute approximate surface area is 160 Å². The predicted octanol–water partition coefficient (Wildman–Crippen LogP) is 1.92. The van der Waals surface area contributed by atoms with E-state index in [4.69, 9.17) is 20.9 Å². The van der Waals surface area contributed by atoms with Crippen molar-refractivity contribution in [2.24, 2.45) is 0 Å². The third kappa shape index (κ3) is 45.0. The van der Waals surface area contributed by atoms with Crippen molar-refractivity contribution in [3.63, 3.8) is 0 Å². The lowest BCUT2D eigenvalue weighted by Gasteiger charge is -2.06. The SMILES string of the molecule is C.CC(=O)CC(=O)Cl.CC(=O)CC(=O)O.O=C1CC(=O)O1.O=S(Cl)Cl. The molecular weight excluding hydrogens is 427 g/mol. The Hall–Kier alpha value is -1.36. The smallest absolute Gasteiger partial charge is 0.324 e. The van der Waals surface area contributed by atoms with Gasteiger partial charge in [0.25, 0.3) is 0 Å².